The van der Waals surface area contributed by atoms with E-state index in [1.54, 1.807) is 0 Å². The van der Waals surface area contributed by atoms with Gasteiger partial charge in [-0.1, -0.05) is 18.2 Å². The minimum Gasteiger partial charge on any atom is -0.483 e. The number of carboxylic acid groups (broad SMARTS) is 1. The summed E-state index contributed by atoms with van der Waals surface area (Å²) < 4.78 is 8.15. The number of hydrogen-bond acceptors (Lipinski definition) is 4. The first kappa shape index (κ1) is 19.8. The molecule has 1 fully saturated rings. The second kappa shape index (κ2) is 9.28. The smallest absolute Gasteiger partial charge is 0.290 e. The summed E-state index contributed by atoms with van der Waals surface area (Å²) in [5.74, 6) is 1.48. The standard InChI is InChI=1S/C21H23N3O.CH2O2/c1-15-4-3-5-19(16(15)2)21-23-10-11-24(21)20-14-25-13-18(20)12-17-6-8-22-9-7-17;2-1-3/h3-11,18,20H,12-14H2,1-2H3;1H,(H,2,3)/t18-,20+;/m0./s1. The number of aryl methyl sites for hydroxylation is 1. The Hall–Kier alpha value is -2.99. The first-order valence-corrected chi connectivity index (χ1v) is 9.29. The lowest BCUT2D eigenvalue weighted by Crippen LogP contribution is -2.20. The third-order valence-corrected chi connectivity index (χ3v) is 5.28. The van der Waals surface area contributed by atoms with Crippen LogP contribution in [0.5, 0.6) is 0 Å². The molecule has 0 amide bonds. The number of pyridine rings is 1. The van der Waals surface area contributed by atoms with Gasteiger partial charge in [0.05, 0.1) is 19.3 Å². The van der Waals surface area contributed by atoms with Gasteiger partial charge in [0, 0.05) is 36.3 Å². The summed E-state index contributed by atoms with van der Waals surface area (Å²) in [6, 6.07) is 10.9. The Morgan fingerprint density at radius 3 is 2.68 bits per heavy atom. The summed E-state index contributed by atoms with van der Waals surface area (Å²) in [5.41, 5.74) is 5.10. The molecule has 0 radical (unpaired) electrons. The lowest BCUT2D eigenvalue weighted by Gasteiger charge is -2.22. The van der Waals surface area contributed by atoms with Crippen LogP contribution >= 0.6 is 0 Å². The van der Waals surface area contributed by atoms with Crippen molar-refractivity contribution in [2.75, 3.05) is 13.2 Å². The van der Waals surface area contributed by atoms with Gasteiger partial charge in [-0.3, -0.25) is 9.78 Å². The molecule has 146 valence electrons. The Morgan fingerprint density at radius 1 is 1.18 bits per heavy atom. The fraction of sp³-hybridized carbons (Fsp3) is 0.318. The second-order valence-electron chi connectivity index (χ2n) is 6.94. The van der Waals surface area contributed by atoms with E-state index in [4.69, 9.17) is 14.6 Å². The van der Waals surface area contributed by atoms with Crippen LogP contribution in [-0.4, -0.2) is 39.3 Å². The van der Waals surface area contributed by atoms with Gasteiger partial charge in [-0.05, 0) is 49.1 Å². The molecular formula is C22H25N3O3. The number of imidazole rings is 1. The van der Waals surface area contributed by atoms with Crippen LogP contribution in [0, 0.1) is 19.8 Å². The van der Waals surface area contributed by atoms with Crippen LogP contribution in [0.4, 0.5) is 0 Å². The number of rotatable bonds is 4. The molecule has 28 heavy (non-hydrogen) atoms. The van der Waals surface area contributed by atoms with E-state index in [1.165, 1.54) is 22.3 Å². The predicted octanol–water partition coefficient (Wildman–Crippen LogP) is 3.69. The third kappa shape index (κ3) is 4.28. The highest BCUT2D eigenvalue weighted by Crippen LogP contribution is 2.33. The molecule has 6 nitrogen and oxygen atoms in total. The minimum atomic E-state index is -0.250. The Balaban J connectivity index is 0.000000706. The van der Waals surface area contributed by atoms with Crippen LogP contribution in [0.1, 0.15) is 22.7 Å². The van der Waals surface area contributed by atoms with Gasteiger partial charge < -0.3 is 14.4 Å². The number of benzene rings is 1. The van der Waals surface area contributed by atoms with Gasteiger partial charge in [0.25, 0.3) is 6.47 Å². The van der Waals surface area contributed by atoms with Crippen molar-refractivity contribution < 1.29 is 14.6 Å². The molecule has 1 aliphatic heterocycles. The summed E-state index contributed by atoms with van der Waals surface area (Å²) >= 11 is 0. The average molecular weight is 379 g/mol. The van der Waals surface area contributed by atoms with Crippen LogP contribution in [0.15, 0.2) is 55.1 Å². The number of hydrogen-bond donors (Lipinski definition) is 1. The van der Waals surface area contributed by atoms with E-state index in [9.17, 15) is 0 Å². The first-order valence-electron chi connectivity index (χ1n) is 9.29. The molecule has 3 heterocycles. The molecule has 6 heteroatoms. The van der Waals surface area contributed by atoms with E-state index >= 15 is 0 Å². The first-order chi connectivity index (χ1) is 13.7. The van der Waals surface area contributed by atoms with Gasteiger partial charge in [0.2, 0.25) is 0 Å². The van der Waals surface area contributed by atoms with E-state index < -0.39 is 0 Å². The maximum Gasteiger partial charge on any atom is 0.290 e. The monoisotopic (exact) mass is 379 g/mol. The van der Waals surface area contributed by atoms with Crippen molar-refractivity contribution in [3.8, 4) is 11.4 Å². The maximum atomic E-state index is 8.36. The van der Waals surface area contributed by atoms with Crippen LogP contribution in [0.2, 0.25) is 0 Å². The van der Waals surface area contributed by atoms with Crippen LogP contribution in [0.25, 0.3) is 11.4 Å². The largest absolute Gasteiger partial charge is 0.483 e. The molecule has 1 saturated heterocycles. The van der Waals surface area contributed by atoms with Crippen molar-refractivity contribution in [3.63, 3.8) is 0 Å². The van der Waals surface area contributed by atoms with Crippen LogP contribution in [-0.2, 0) is 16.0 Å². The van der Waals surface area contributed by atoms with Gasteiger partial charge >= 0.3 is 0 Å². The summed E-state index contributed by atoms with van der Waals surface area (Å²) in [7, 11) is 0. The van der Waals surface area contributed by atoms with Gasteiger partial charge in [-0.25, -0.2) is 4.98 Å². The zero-order chi connectivity index (χ0) is 19.9. The fourth-order valence-corrected chi connectivity index (χ4v) is 3.69. The molecule has 1 N–H and O–H groups in total. The Kier molecular flexibility index (Phi) is 6.55. The highest BCUT2D eigenvalue weighted by atomic mass is 16.5. The summed E-state index contributed by atoms with van der Waals surface area (Å²) in [6.45, 7) is 5.60. The SMILES string of the molecule is Cc1cccc(-c2nccn2[C@@H]2COC[C@@H]2Cc2ccncc2)c1C.O=CO. The van der Waals surface area contributed by atoms with E-state index in [-0.39, 0.29) is 6.47 Å². The van der Waals surface area contributed by atoms with Crippen molar-refractivity contribution in [1.29, 1.82) is 0 Å². The summed E-state index contributed by atoms with van der Waals surface area (Å²) in [4.78, 5) is 17.1. The van der Waals surface area contributed by atoms with Gasteiger partial charge in [0.15, 0.2) is 0 Å². The van der Waals surface area contributed by atoms with Gasteiger partial charge in [-0.15, -0.1) is 0 Å². The highest BCUT2D eigenvalue weighted by Gasteiger charge is 2.31. The molecule has 1 aliphatic rings. The molecule has 0 saturated carbocycles. The Bertz CT molecular complexity index is 908. The van der Waals surface area contributed by atoms with Crippen molar-refractivity contribution >= 4 is 6.47 Å². The summed E-state index contributed by atoms with van der Waals surface area (Å²) in [5, 5.41) is 6.89. The van der Waals surface area contributed by atoms with E-state index in [1.807, 2.05) is 18.6 Å². The van der Waals surface area contributed by atoms with E-state index in [0.29, 0.717) is 12.0 Å². The predicted molar refractivity (Wildman–Crippen MR) is 107 cm³/mol. The lowest BCUT2D eigenvalue weighted by atomic mass is 9.94. The Labute approximate surface area is 164 Å². The minimum absolute atomic E-state index is 0.250. The number of ether oxygens (including phenoxy) is 1. The van der Waals surface area contributed by atoms with Crippen LogP contribution < -0.4 is 0 Å². The topological polar surface area (TPSA) is 77.2 Å². The molecule has 0 spiro atoms. The molecule has 4 rings (SSSR count). The Morgan fingerprint density at radius 2 is 1.93 bits per heavy atom. The van der Waals surface area contributed by atoms with Crippen molar-refractivity contribution in [3.05, 3.63) is 71.8 Å². The fourth-order valence-electron chi connectivity index (χ4n) is 3.69. The zero-order valence-corrected chi connectivity index (χ0v) is 16.2. The molecular weight excluding hydrogens is 354 g/mol. The maximum absolute atomic E-state index is 8.36. The quantitative estimate of drug-likeness (QED) is 0.700. The number of aromatic nitrogens is 3. The molecule has 1 aromatic carbocycles. The van der Waals surface area contributed by atoms with E-state index in [2.05, 4.69) is 64.9 Å². The van der Waals surface area contributed by atoms with Gasteiger partial charge in [0.1, 0.15) is 5.82 Å². The number of carbonyl (C=O) groups is 1. The molecule has 0 aliphatic carbocycles. The average Bonchev–Trinajstić information content (AvgIpc) is 3.34. The van der Waals surface area contributed by atoms with Crippen molar-refractivity contribution in [2.45, 2.75) is 26.3 Å². The lowest BCUT2D eigenvalue weighted by molar-refractivity contribution is -0.122. The molecule has 2 aromatic heterocycles. The van der Waals surface area contributed by atoms with Crippen molar-refractivity contribution in [1.82, 2.24) is 14.5 Å². The van der Waals surface area contributed by atoms with Gasteiger partial charge in [-0.2, -0.15) is 0 Å². The summed E-state index contributed by atoms with van der Waals surface area (Å²) in [6.07, 6.45) is 8.71. The molecule has 2 atom stereocenters. The molecule has 3 aromatic rings. The van der Waals surface area contributed by atoms with Crippen molar-refractivity contribution in [2.24, 2.45) is 5.92 Å². The number of nitrogens with zero attached hydrogens (tertiary/aromatic N) is 3. The zero-order valence-electron chi connectivity index (χ0n) is 16.2. The second-order valence-corrected chi connectivity index (χ2v) is 6.94. The van der Waals surface area contributed by atoms with E-state index in [0.717, 1.165) is 25.5 Å². The highest BCUT2D eigenvalue weighted by molar-refractivity contribution is 5.62. The third-order valence-electron chi connectivity index (χ3n) is 5.28. The van der Waals surface area contributed by atoms with Crippen LogP contribution in [0.3, 0.4) is 0 Å². The molecule has 0 bridgehead atoms. The normalized spacial score (nSPS) is 18.4. The molecule has 0 unspecified atom stereocenters.